The maximum absolute atomic E-state index is 6.78. The average Bonchev–Trinajstić information content (AvgIpc) is 3.23. The van der Waals surface area contributed by atoms with Gasteiger partial charge in [-0.2, -0.15) is 5.10 Å². The molecule has 1 unspecified atom stereocenters. The molecule has 0 fully saturated rings. The molecule has 0 saturated carbocycles. The van der Waals surface area contributed by atoms with Crippen molar-refractivity contribution in [2.75, 3.05) is 20.0 Å². The molecule has 31 heavy (non-hydrogen) atoms. The van der Waals surface area contributed by atoms with E-state index in [1.807, 2.05) is 12.4 Å². The summed E-state index contributed by atoms with van der Waals surface area (Å²) in [6, 6.07) is 9.79. The molecule has 164 valence electrons. The summed E-state index contributed by atoms with van der Waals surface area (Å²) in [5.41, 5.74) is 5.70. The number of fused-ring (bicyclic) bond motifs is 1. The second kappa shape index (κ2) is 9.34. The number of nitrogens with one attached hydrogen (secondary N) is 1. The van der Waals surface area contributed by atoms with Gasteiger partial charge in [0.15, 0.2) is 0 Å². The van der Waals surface area contributed by atoms with E-state index in [-0.39, 0.29) is 10.9 Å². The molecule has 0 spiro atoms. The van der Waals surface area contributed by atoms with Gasteiger partial charge in [0.2, 0.25) is 0 Å². The molecule has 4 rings (SSSR count). The number of aromatic nitrogens is 2. The minimum Gasteiger partial charge on any atom is -0.382 e. The maximum atomic E-state index is 6.78. The van der Waals surface area contributed by atoms with Gasteiger partial charge in [-0.05, 0) is 42.0 Å². The summed E-state index contributed by atoms with van der Waals surface area (Å²) in [5, 5.41) is 8.71. The molecule has 2 heterocycles. The molecule has 0 radical (unpaired) electrons. The predicted octanol–water partition coefficient (Wildman–Crippen LogP) is 6.53. The van der Waals surface area contributed by atoms with Crippen LogP contribution in [0.5, 0.6) is 0 Å². The maximum Gasteiger partial charge on any atom is 0.0954 e. The van der Waals surface area contributed by atoms with E-state index in [9.17, 15) is 0 Å². The number of methoxy groups -OCH3 is 1. The fraction of sp³-hybridized carbons (Fsp3) is 0.348. The van der Waals surface area contributed by atoms with E-state index >= 15 is 0 Å². The number of aromatic amines is 1. The van der Waals surface area contributed by atoms with Crippen LogP contribution in [0.25, 0.3) is 0 Å². The van der Waals surface area contributed by atoms with Gasteiger partial charge in [0.25, 0.3) is 0 Å². The summed E-state index contributed by atoms with van der Waals surface area (Å²) in [6.45, 7) is 3.37. The summed E-state index contributed by atoms with van der Waals surface area (Å²) in [7, 11) is 1.75. The van der Waals surface area contributed by atoms with Crippen LogP contribution in [0.4, 0.5) is 0 Å². The number of hydrogen-bond donors (Lipinski definition) is 1. The van der Waals surface area contributed by atoms with Crippen molar-refractivity contribution >= 4 is 46.6 Å². The standard InChI is InChI=1S/C23H24Cl3N3OS/c1-14-5-4-6-17-18(14)9-23(31-3,13-30-2)29(12-15-10-27-28-11-15)22(17)21-19(25)7-16(24)8-20(21)26/h4-8,10-11,22H,9,12-13H2,1-3H3,(H,27,28)/t22?,23-/m1/s1. The zero-order valence-corrected chi connectivity index (χ0v) is 20.7. The highest BCUT2D eigenvalue weighted by Crippen LogP contribution is 2.51. The molecule has 0 amide bonds. The number of thioether (sulfide) groups is 1. The molecule has 0 bridgehead atoms. The molecule has 1 aliphatic rings. The van der Waals surface area contributed by atoms with E-state index in [1.54, 1.807) is 31.0 Å². The topological polar surface area (TPSA) is 41.1 Å². The van der Waals surface area contributed by atoms with Gasteiger partial charge in [-0.3, -0.25) is 10.00 Å². The predicted molar refractivity (Wildman–Crippen MR) is 130 cm³/mol. The molecular formula is C23H24Cl3N3OS. The molecular weight excluding hydrogens is 473 g/mol. The number of aryl methyl sites for hydroxylation is 1. The van der Waals surface area contributed by atoms with Gasteiger partial charge in [-0.25, -0.2) is 0 Å². The highest BCUT2D eigenvalue weighted by Gasteiger charge is 2.47. The lowest BCUT2D eigenvalue weighted by Crippen LogP contribution is -2.55. The van der Waals surface area contributed by atoms with Gasteiger partial charge in [0.05, 0.1) is 23.7 Å². The molecule has 0 aliphatic carbocycles. The molecule has 1 aliphatic heterocycles. The Kier molecular flexibility index (Phi) is 6.92. The number of hydrogen-bond acceptors (Lipinski definition) is 4. The Bertz CT molecular complexity index is 1050. The van der Waals surface area contributed by atoms with Crippen LogP contribution in [0.15, 0.2) is 42.7 Å². The third-order valence-corrected chi connectivity index (χ3v) is 8.10. The third kappa shape index (κ3) is 4.24. The van der Waals surface area contributed by atoms with Crippen molar-refractivity contribution in [2.24, 2.45) is 0 Å². The first-order chi connectivity index (χ1) is 14.9. The van der Waals surface area contributed by atoms with Gasteiger partial charge in [0.1, 0.15) is 0 Å². The minimum atomic E-state index is -0.317. The first kappa shape index (κ1) is 23.0. The Morgan fingerprint density at radius 1 is 1.26 bits per heavy atom. The second-order valence-corrected chi connectivity index (χ2v) is 10.2. The largest absolute Gasteiger partial charge is 0.382 e. The van der Waals surface area contributed by atoms with Crippen LogP contribution in [0.1, 0.15) is 33.9 Å². The number of H-pyrrole nitrogens is 1. The number of rotatable bonds is 6. The van der Waals surface area contributed by atoms with E-state index in [2.05, 4.69) is 46.5 Å². The second-order valence-electron chi connectivity index (χ2n) is 7.82. The first-order valence-electron chi connectivity index (χ1n) is 9.91. The quantitative estimate of drug-likeness (QED) is 0.421. The molecule has 8 heteroatoms. The number of halogens is 3. The van der Waals surface area contributed by atoms with Crippen LogP contribution in [0.3, 0.4) is 0 Å². The van der Waals surface area contributed by atoms with Gasteiger partial charge in [0, 0.05) is 52.5 Å². The summed E-state index contributed by atoms with van der Waals surface area (Å²) >= 11 is 21.6. The molecule has 2 aromatic carbocycles. The Hall–Kier alpha value is -1.21. The van der Waals surface area contributed by atoms with Crippen LogP contribution in [-0.2, 0) is 17.7 Å². The Labute approximate surface area is 202 Å². The minimum absolute atomic E-state index is 0.168. The van der Waals surface area contributed by atoms with Crippen LogP contribution in [0, 0.1) is 6.92 Å². The van der Waals surface area contributed by atoms with Crippen molar-refractivity contribution in [3.63, 3.8) is 0 Å². The van der Waals surface area contributed by atoms with Gasteiger partial charge in [-0.15, -0.1) is 11.8 Å². The highest BCUT2D eigenvalue weighted by atomic mass is 35.5. The van der Waals surface area contributed by atoms with Crippen LogP contribution in [0.2, 0.25) is 15.1 Å². The van der Waals surface area contributed by atoms with Crippen molar-refractivity contribution in [3.05, 3.63) is 85.6 Å². The molecule has 4 nitrogen and oxygen atoms in total. The summed E-state index contributed by atoms with van der Waals surface area (Å²) in [4.78, 5) is 2.12. The molecule has 1 N–H and O–H groups in total. The smallest absolute Gasteiger partial charge is 0.0954 e. The Morgan fingerprint density at radius 3 is 2.61 bits per heavy atom. The molecule has 0 saturated heterocycles. The summed E-state index contributed by atoms with van der Waals surface area (Å²) in [6.07, 6.45) is 6.76. The van der Waals surface area contributed by atoms with Crippen LogP contribution < -0.4 is 0 Å². The summed E-state index contributed by atoms with van der Waals surface area (Å²) < 4.78 is 5.77. The lowest BCUT2D eigenvalue weighted by Gasteiger charge is -2.51. The van der Waals surface area contributed by atoms with Crippen molar-refractivity contribution < 1.29 is 4.74 Å². The fourth-order valence-electron chi connectivity index (χ4n) is 4.53. The van der Waals surface area contributed by atoms with Crippen molar-refractivity contribution in [1.29, 1.82) is 0 Å². The highest BCUT2D eigenvalue weighted by molar-refractivity contribution is 7.99. The van der Waals surface area contributed by atoms with Crippen molar-refractivity contribution in [1.82, 2.24) is 15.1 Å². The number of benzene rings is 2. The SMILES string of the molecule is COC[C@]1(SC)Cc2c(C)cccc2C(c2c(Cl)cc(Cl)cc2Cl)N1Cc1cn[nH]c1. The van der Waals surface area contributed by atoms with Crippen LogP contribution >= 0.6 is 46.6 Å². The van der Waals surface area contributed by atoms with E-state index in [1.165, 1.54) is 16.7 Å². The van der Waals surface area contributed by atoms with Crippen LogP contribution in [-0.4, -0.2) is 39.9 Å². The fourth-order valence-corrected chi connectivity index (χ4v) is 6.49. The van der Waals surface area contributed by atoms with E-state index in [0.29, 0.717) is 28.2 Å². The average molecular weight is 497 g/mol. The lowest BCUT2D eigenvalue weighted by atomic mass is 9.82. The van der Waals surface area contributed by atoms with E-state index in [0.717, 1.165) is 17.5 Å². The van der Waals surface area contributed by atoms with Crippen molar-refractivity contribution in [2.45, 2.75) is 30.8 Å². The van der Waals surface area contributed by atoms with E-state index in [4.69, 9.17) is 39.5 Å². The lowest BCUT2D eigenvalue weighted by molar-refractivity contribution is 0.0345. The zero-order chi connectivity index (χ0) is 22.2. The molecule has 1 aromatic heterocycles. The molecule has 2 atom stereocenters. The number of nitrogens with zero attached hydrogens (tertiary/aromatic N) is 2. The Balaban J connectivity index is 2.00. The monoisotopic (exact) mass is 495 g/mol. The third-order valence-electron chi connectivity index (χ3n) is 6.00. The number of ether oxygens (including phenoxy) is 1. The van der Waals surface area contributed by atoms with Crippen molar-refractivity contribution in [3.8, 4) is 0 Å². The van der Waals surface area contributed by atoms with Gasteiger partial charge in [-0.1, -0.05) is 53.0 Å². The van der Waals surface area contributed by atoms with Gasteiger partial charge >= 0.3 is 0 Å². The molecule has 3 aromatic rings. The zero-order valence-electron chi connectivity index (χ0n) is 17.6. The van der Waals surface area contributed by atoms with E-state index < -0.39 is 0 Å². The first-order valence-corrected chi connectivity index (χ1v) is 12.3. The normalized spacial score (nSPS) is 21.3. The van der Waals surface area contributed by atoms with Gasteiger partial charge < -0.3 is 4.74 Å². The Morgan fingerprint density at radius 2 is 2.00 bits per heavy atom. The summed E-state index contributed by atoms with van der Waals surface area (Å²) in [5.74, 6) is 0.